The van der Waals surface area contributed by atoms with Gasteiger partial charge in [-0.05, 0) is 77.2 Å². The molecule has 2 aliphatic heterocycles. The van der Waals surface area contributed by atoms with E-state index in [9.17, 15) is 73.5 Å². The molecule has 0 saturated carbocycles. The molecule has 11 atom stereocenters. The Bertz CT molecular complexity index is 1840. The van der Waals surface area contributed by atoms with Crippen molar-refractivity contribution in [3.8, 4) is 0 Å². The number of hydrogen-bond donors (Lipinski definition) is 15. The van der Waals surface area contributed by atoms with Crippen molar-refractivity contribution in [3.05, 3.63) is 0 Å². The molecule has 2 fully saturated rings. The van der Waals surface area contributed by atoms with Gasteiger partial charge < -0.3 is 84.3 Å². The zero-order chi connectivity index (χ0) is 54.1. The van der Waals surface area contributed by atoms with E-state index in [4.69, 9.17) is 4.74 Å². The van der Waals surface area contributed by atoms with Crippen LogP contribution >= 0.6 is 11.8 Å². The number of thioether (sulfide) groups is 1. The smallest absolute Gasteiger partial charge is 0.326 e. The van der Waals surface area contributed by atoms with Crippen molar-refractivity contribution in [1.29, 1.82) is 0 Å². The molecule has 9 amide bonds. The molecule has 0 aromatic carbocycles. The SMILES string of the molecule is CC(=O)NC(CSC1CC(=O)N(CCCCN[C@H]2C(O)O[C@H](CO)[C@@H](O)[C@@H]2O)C1=O)C(=O)NC(CCCC[NH3+])C(=O)NCC(=O)NCC(=O)NC(C)C(=O)NC(CCCC[NH3+])C(=O)NC(CC(C)C)C(=O)O. The van der Waals surface area contributed by atoms with Crippen LogP contribution in [-0.2, 0) is 52.7 Å². The predicted molar refractivity (Wildman–Crippen MR) is 256 cm³/mol. The number of aliphatic hydroxyl groups excluding tert-OH is 4. The normalized spacial score (nSPS) is 22.0. The molecule has 27 nitrogen and oxygen atoms in total. The number of nitrogens with one attached hydrogen (secondary N) is 8. The first-order valence-corrected chi connectivity index (χ1v) is 25.4. The van der Waals surface area contributed by atoms with Crippen LogP contribution in [0.25, 0.3) is 0 Å². The molecular formula is C44H79N11O16S+2. The van der Waals surface area contributed by atoms with Crippen molar-refractivity contribution in [2.24, 2.45) is 5.92 Å². The van der Waals surface area contributed by atoms with Gasteiger partial charge in [-0.2, -0.15) is 0 Å². The van der Waals surface area contributed by atoms with Crippen LogP contribution in [0, 0.1) is 5.92 Å². The minimum absolute atomic E-state index is 0.0361. The monoisotopic (exact) mass is 1050 g/mol. The third kappa shape index (κ3) is 22.0. The number of ether oxygens (including phenoxy) is 1. The van der Waals surface area contributed by atoms with Gasteiger partial charge in [-0.1, -0.05) is 13.8 Å². The van der Waals surface area contributed by atoms with Gasteiger partial charge in [0, 0.05) is 25.6 Å². The Kier molecular flexibility index (Phi) is 28.8. The van der Waals surface area contributed by atoms with E-state index < -0.39 is 145 Å². The summed E-state index contributed by atoms with van der Waals surface area (Å²) in [5, 5.41) is 68.7. The van der Waals surface area contributed by atoms with Gasteiger partial charge in [0.25, 0.3) is 0 Å². The lowest BCUT2D eigenvalue weighted by molar-refractivity contribution is -0.368. The highest BCUT2D eigenvalue weighted by atomic mass is 32.2. The zero-order valence-corrected chi connectivity index (χ0v) is 42.5. The van der Waals surface area contributed by atoms with Crippen LogP contribution in [0.4, 0.5) is 0 Å². The van der Waals surface area contributed by atoms with E-state index in [1.165, 1.54) is 13.8 Å². The number of imide groups is 1. The summed E-state index contributed by atoms with van der Waals surface area (Å²) in [7, 11) is 0. The Morgan fingerprint density at radius 1 is 0.722 bits per heavy atom. The second-order valence-electron chi connectivity index (χ2n) is 18.2. The third-order valence-corrected chi connectivity index (χ3v) is 13.0. The third-order valence-electron chi connectivity index (χ3n) is 11.7. The largest absolute Gasteiger partial charge is 0.480 e. The number of aliphatic carboxylic acids is 1. The number of aliphatic hydroxyl groups is 4. The van der Waals surface area contributed by atoms with Crippen LogP contribution in [0.5, 0.6) is 0 Å². The van der Waals surface area contributed by atoms with Crippen LogP contribution in [0.1, 0.15) is 91.9 Å². The van der Waals surface area contributed by atoms with Crippen LogP contribution in [-0.4, -0.2) is 207 Å². The number of carbonyl (C=O) groups excluding carboxylic acids is 9. The Balaban J connectivity index is 1.92. The Morgan fingerprint density at radius 3 is 1.89 bits per heavy atom. The summed E-state index contributed by atoms with van der Waals surface area (Å²) < 4.78 is 5.13. The number of carboxylic acid groups (broad SMARTS) is 1. The summed E-state index contributed by atoms with van der Waals surface area (Å²) >= 11 is 0.975. The van der Waals surface area contributed by atoms with Crippen molar-refractivity contribution < 1.29 is 89.7 Å². The minimum atomic E-state index is -1.50. The summed E-state index contributed by atoms with van der Waals surface area (Å²) in [6, 6.07) is -6.92. The first kappa shape index (κ1) is 63.0. The van der Waals surface area contributed by atoms with Gasteiger partial charge in [0.2, 0.25) is 53.2 Å². The molecule has 2 rings (SSSR count). The van der Waals surface area contributed by atoms with Gasteiger partial charge >= 0.3 is 5.97 Å². The molecule has 0 aromatic rings. The summed E-state index contributed by atoms with van der Waals surface area (Å²) in [6.07, 6.45) is -2.27. The Hall–Kier alpha value is -5.07. The van der Waals surface area contributed by atoms with E-state index in [2.05, 4.69) is 54.0 Å². The highest BCUT2D eigenvalue weighted by molar-refractivity contribution is 8.00. The number of amides is 9. The predicted octanol–water partition coefficient (Wildman–Crippen LogP) is -7.33. The molecule has 28 heteroatoms. The minimum Gasteiger partial charge on any atom is -0.480 e. The first-order valence-electron chi connectivity index (χ1n) is 24.4. The van der Waals surface area contributed by atoms with Gasteiger partial charge in [0.1, 0.15) is 48.5 Å². The fourth-order valence-corrected chi connectivity index (χ4v) is 8.84. The van der Waals surface area contributed by atoms with Gasteiger partial charge in [-0.3, -0.25) is 48.1 Å². The zero-order valence-electron chi connectivity index (χ0n) is 41.7. The summed E-state index contributed by atoms with van der Waals surface area (Å²) in [5.74, 6) is -7.47. The number of carbonyl (C=O) groups is 10. The van der Waals surface area contributed by atoms with E-state index in [0.717, 1.165) is 16.7 Å². The highest BCUT2D eigenvalue weighted by Gasteiger charge is 2.44. The Labute approximate surface area is 422 Å². The average molecular weight is 1050 g/mol. The Morgan fingerprint density at radius 2 is 1.31 bits per heavy atom. The molecule has 2 aliphatic rings. The maximum absolute atomic E-state index is 13.6. The first-order chi connectivity index (χ1) is 34.0. The quantitative estimate of drug-likeness (QED) is 0.0210. The molecule has 410 valence electrons. The summed E-state index contributed by atoms with van der Waals surface area (Å²) in [4.78, 5) is 130. The summed E-state index contributed by atoms with van der Waals surface area (Å²) in [6.45, 7) is 5.69. The number of unbranched alkanes of at least 4 members (excludes halogenated alkanes) is 3. The van der Waals surface area contributed by atoms with E-state index in [-0.39, 0.29) is 50.4 Å². The highest BCUT2D eigenvalue weighted by Crippen LogP contribution is 2.26. The van der Waals surface area contributed by atoms with E-state index in [0.29, 0.717) is 51.6 Å². The molecule has 7 unspecified atom stereocenters. The molecule has 0 aromatic heterocycles. The maximum Gasteiger partial charge on any atom is 0.326 e. The number of nitrogens with zero attached hydrogens (tertiary/aromatic N) is 1. The fraction of sp³-hybridized carbons (Fsp3) is 0.773. The number of hydrogen-bond acceptors (Lipinski definition) is 17. The van der Waals surface area contributed by atoms with Crippen molar-refractivity contribution in [2.45, 2.75) is 158 Å². The molecule has 0 radical (unpaired) electrons. The molecule has 2 heterocycles. The standard InChI is InChI=1S/C44H77N11O16S/c1-23(2)17-28(43(68)69)54-40(65)27(12-6-8-14-46)52-38(63)24(3)50-33(59)20-48-32(58)19-49-39(64)26(11-5-7-13-45)53-41(66)29(51-25(4)57)22-72-31-18-34(60)55(42(31)67)16-10-9-15-47-35-37(62)36(61)30(21-56)71-44(35)70/h23-24,26-31,35-37,44,47,56,61-62,70H,5-22,45-46H2,1-4H3,(H,48,58)(H,49,64)(H,50,59)(H,51,57)(H,52,63)(H,53,66)(H,54,65)(H,68,69)/p+2/t24?,26?,27?,28?,29?,30-,31?,35-,36-,37-,44?/m1/s1. The number of rotatable bonds is 34. The molecule has 0 spiro atoms. The molecule has 72 heavy (non-hydrogen) atoms. The number of carboxylic acids is 1. The maximum atomic E-state index is 13.6. The van der Waals surface area contributed by atoms with Crippen LogP contribution in [0.15, 0.2) is 0 Å². The van der Waals surface area contributed by atoms with Crippen molar-refractivity contribution >= 4 is 70.9 Å². The average Bonchev–Trinajstić information content (AvgIpc) is 3.59. The molecule has 0 aliphatic carbocycles. The number of likely N-dealkylation sites (tertiary alicyclic amines) is 1. The molecular weight excluding hydrogens is 971 g/mol. The van der Waals surface area contributed by atoms with E-state index in [1.807, 2.05) is 0 Å². The lowest BCUT2D eigenvalue weighted by atomic mass is 9.97. The second kappa shape index (κ2) is 32.9. The van der Waals surface area contributed by atoms with E-state index >= 15 is 0 Å². The topological polar surface area (TPSA) is 436 Å². The lowest BCUT2D eigenvalue weighted by Crippen LogP contribution is -2.63. The van der Waals surface area contributed by atoms with E-state index in [1.54, 1.807) is 13.8 Å². The van der Waals surface area contributed by atoms with Crippen LogP contribution < -0.4 is 54.0 Å². The van der Waals surface area contributed by atoms with Gasteiger partial charge in [0.15, 0.2) is 6.29 Å². The fourth-order valence-electron chi connectivity index (χ4n) is 7.65. The van der Waals surface area contributed by atoms with Crippen LogP contribution in [0.3, 0.4) is 0 Å². The summed E-state index contributed by atoms with van der Waals surface area (Å²) in [5.41, 5.74) is 7.55. The van der Waals surface area contributed by atoms with Crippen molar-refractivity contribution in [2.75, 3.05) is 51.6 Å². The van der Waals surface area contributed by atoms with Crippen molar-refractivity contribution in [1.82, 2.24) is 47.4 Å². The molecule has 0 bridgehead atoms. The van der Waals surface area contributed by atoms with Gasteiger partial charge in [-0.25, -0.2) is 4.79 Å². The van der Waals surface area contributed by atoms with Gasteiger partial charge in [-0.15, -0.1) is 11.8 Å². The second-order valence-corrected chi connectivity index (χ2v) is 19.4. The van der Waals surface area contributed by atoms with Gasteiger partial charge in [0.05, 0.1) is 44.1 Å². The molecule has 19 N–H and O–H groups in total. The number of quaternary nitrogens is 2. The molecule has 2 saturated heterocycles. The van der Waals surface area contributed by atoms with Crippen molar-refractivity contribution in [3.63, 3.8) is 0 Å². The lowest BCUT2D eigenvalue weighted by Gasteiger charge is -2.40. The van der Waals surface area contributed by atoms with Crippen LogP contribution in [0.2, 0.25) is 0 Å².